The Hall–Kier alpha value is -2.13. The van der Waals surface area contributed by atoms with Crippen molar-refractivity contribution in [2.24, 2.45) is 0 Å². The molecular weight excluding hydrogens is 298 g/mol. The summed E-state index contributed by atoms with van der Waals surface area (Å²) in [5.41, 5.74) is -0.445. The van der Waals surface area contributed by atoms with Gasteiger partial charge in [-0.25, -0.2) is 8.78 Å². The summed E-state index contributed by atoms with van der Waals surface area (Å²) in [7, 11) is 0. The molecule has 0 unspecified atom stereocenters. The third-order valence-electron chi connectivity index (χ3n) is 2.29. The van der Waals surface area contributed by atoms with Gasteiger partial charge in [0.05, 0.1) is 17.1 Å². The van der Waals surface area contributed by atoms with Crippen LogP contribution in [0.25, 0.3) is 0 Å². The van der Waals surface area contributed by atoms with Crippen LogP contribution in [0, 0.1) is 10.1 Å². The number of pyridine rings is 1. The van der Waals surface area contributed by atoms with Crippen LogP contribution in [0.5, 0.6) is 5.88 Å². The molecule has 6 nitrogen and oxygen atoms in total. The molecule has 1 aromatic rings. The van der Waals surface area contributed by atoms with Crippen LogP contribution in [-0.4, -0.2) is 35.4 Å². The van der Waals surface area contributed by atoms with E-state index in [1.807, 2.05) is 6.92 Å². The van der Waals surface area contributed by atoms with Crippen molar-refractivity contribution < 1.29 is 27.2 Å². The van der Waals surface area contributed by atoms with E-state index in [1.165, 1.54) is 0 Å². The van der Waals surface area contributed by atoms with Crippen LogP contribution >= 0.6 is 0 Å². The largest absolute Gasteiger partial charge is 0.471 e. The van der Waals surface area contributed by atoms with Crippen molar-refractivity contribution in [3.05, 3.63) is 22.2 Å². The van der Waals surface area contributed by atoms with Crippen LogP contribution in [0.15, 0.2) is 12.1 Å². The molecule has 0 atom stereocenters. The normalized spacial score (nSPS) is 11.5. The van der Waals surface area contributed by atoms with Crippen molar-refractivity contribution in [2.45, 2.75) is 25.7 Å². The number of halogens is 4. The summed E-state index contributed by atoms with van der Waals surface area (Å²) >= 11 is 0. The van der Waals surface area contributed by atoms with Crippen molar-refractivity contribution in [3.63, 3.8) is 0 Å². The first-order valence-electron chi connectivity index (χ1n) is 5.95. The number of nitrogens with one attached hydrogen (secondary N) is 1. The fourth-order valence-electron chi connectivity index (χ4n) is 1.25. The highest BCUT2D eigenvalue weighted by molar-refractivity contribution is 5.48. The zero-order valence-electron chi connectivity index (χ0n) is 11.0. The molecule has 1 rings (SSSR count). The second kappa shape index (κ2) is 7.04. The topological polar surface area (TPSA) is 77.3 Å². The molecule has 0 aliphatic rings. The van der Waals surface area contributed by atoms with Crippen molar-refractivity contribution >= 4 is 11.5 Å². The Balaban J connectivity index is 2.90. The maximum Gasteiger partial charge on any atom is 0.340 e. The molecule has 0 aromatic carbocycles. The summed E-state index contributed by atoms with van der Waals surface area (Å²) in [6, 6.07) is 1.88. The van der Waals surface area contributed by atoms with Gasteiger partial charge in [0.1, 0.15) is 5.82 Å². The monoisotopic (exact) mass is 311 g/mol. The molecule has 0 amide bonds. The first-order valence-corrected chi connectivity index (χ1v) is 5.95. The number of alkyl halides is 4. The molecule has 1 aromatic heterocycles. The van der Waals surface area contributed by atoms with Gasteiger partial charge in [0, 0.05) is 6.54 Å². The molecule has 0 radical (unpaired) electrons. The Morgan fingerprint density at radius 3 is 2.67 bits per heavy atom. The lowest BCUT2D eigenvalue weighted by molar-refractivity contribution is -0.384. The van der Waals surface area contributed by atoms with Gasteiger partial charge in [-0.1, -0.05) is 6.92 Å². The highest BCUT2D eigenvalue weighted by Crippen LogP contribution is 2.26. The van der Waals surface area contributed by atoms with Gasteiger partial charge in [0.25, 0.3) is 5.69 Å². The zero-order valence-corrected chi connectivity index (χ0v) is 11.0. The van der Waals surface area contributed by atoms with E-state index in [9.17, 15) is 27.7 Å². The third kappa shape index (κ3) is 5.04. The van der Waals surface area contributed by atoms with Gasteiger partial charge in [0.2, 0.25) is 5.88 Å². The fourth-order valence-corrected chi connectivity index (χ4v) is 1.25. The number of aromatic nitrogens is 1. The van der Waals surface area contributed by atoms with Gasteiger partial charge in [0.15, 0.2) is 6.61 Å². The summed E-state index contributed by atoms with van der Waals surface area (Å²) in [4.78, 5) is 13.6. The maximum atomic E-state index is 12.7. The first kappa shape index (κ1) is 16.9. The van der Waals surface area contributed by atoms with Crippen LogP contribution in [0.4, 0.5) is 29.1 Å². The number of rotatable bonds is 8. The van der Waals surface area contributed by atoms with Crippen LogP contribution in [-0.2, 0) is 0 Å². The first-order chi connectivity index (χ1) is 9.76. The number of anilines is 1. The van der Waals surface area contributed by atoms with Crippen molar-refractivity contribution in [1.82, 2.24) is 4.98 Å². The lowest BCUT2D eigenvalue weighted by Gasteiger charge is -2.15. The maximum absolute atomic E-state index is 12.7. The third-order valence-corrected chi connectivity index (χ3v) is 2.29. The summed E-state index contributed by atoms with van der Waals surface area (Å²) in [6.45, 7) is 0.664. The predicted octanol–water partition coefficient (Wildman–Crippen LogP) is 3.09. The lowest BCUT2D eigenvalue weighted by Crippen LogP contribution is -2.33. The minimum absolute atomic E-state index is 0.0430. The minimum Gasteiger partial charge on any atom is -0.471 e. The van der Waals surface area contributed by atoms with E-state index in [-0.39, 0.29) is 5.82 Å². The van der Waals surface area contributed by atoms with Gasteiger partial charge in [-0.2, -0.15) is 13.8 Å². The van der Waals surface area contributed by atoms with Gasteiger partial charge < -0.3 is 10.1 Å². The molecule has 0 saturated heterocycles. The molecule has 0 fully saturated rings. The number of hydrogen-bond donors (Lipinski definition) is 1. The fraction of sp³-hybridized carbons (Fsp3) is 0.545. The van der Waals surface area contributed by atoms with Crippen LogP contribution in [0.1, 0.15) is 13.3 Å². The predicted molar refractivity (Wildman–Crippen MR) is 66.1 cm³/mol. The number of nitro groups is 1. The Labute approximate surface area is 117 Å². The van der Waals surface area contributed by atoms with E-state index in [0.717, 1.165) is 12.1 Å². The summed E-state index contributed by atoms with van der Waals surface area (Å²) in [5, 5.41) is 13.4. The van der Waals surface area contributed by atoms with Gasteiger partial charge in [-0.3, -0.25) is 10.1 Å². The number of nitrogens with zero attached hydrogens (tertiary/aromatic N) is 2. The van der Waals surface area contributed by atoms with Crippen LogP contribution < -0.4 is 10.1 Å². The molecule has 0 aliphatic carbocycles. The lowest BCUT2D eigenvalue weighted by atomic mass is 10.3. The smallest absolute Gasteiger partial charge is 0.340 e. The molecule has 0 aliphatic heterocycles. The van der Waals surface area contributed by atoms with Gasteiger partial charge in [-0.15, -0.1) is 0 Å². The molecule has 118 valence electrons. The van der Waals surface area contributed by atoms with E-state index in [0.29, 0.717) is 13.0 Å². The summed E-state index contributed by atoms with van der Waals surface area (Å²) in [6.07, 6.45) is -3.20. The van der Waals surface area contributed by atoms with E-state index in [4.69, 9.17) is 0 Å². The summed E-state index contributed by atoms with van der Waals surface area (Å²) in [5.74, 6) is -4.84. The van der Waals surface area contributed by atoms with Gasteiger partial charge in [-0.05, 0) is 6.42 Å². The van der Waals surface area contributed by atoms with Crippen LogP contribution in [0.2, 0.25) is 0 Å². The quantitative estimate of drug-likeness (QED) is 0.453. The highest BCUT2D eigenvalue weighted by Gasteiger charge is 2.42. The second-order valence-electron chi connectivity index (χ2n) is 4.08. The summed E-state index contributed by atoms with van der Waals surface area (Å²) < 4.78 is 53.9. The molecule has 0 spiro atoms. The van der Waals surface area contributed by atoms with Crippen molar-refractivity contribution in [1.29, 1.82) is 0 Å². The average molecular weight is 311 g/mol. The van der Waals surface area contributed by atoms with Crippen molar-refractivity contribution in [3.8, 4) is 5.88 Å². The molecule has 0 bridgehead atoms. The molecule has 1 heterocycles. The Kier molecular flexibility index (Phi) is 5.68. The molecule has 10 heteroatoms. The molecular formula is C11H13F4N3O3. The molecule has 21 heavy (non-hydrogen) atoms. The van der Waals surface area contributed by atoms with Crippen molar-refractivity contribution in [2.75, 3.05) is 18.5 Å². The molecule has 0 saturated carbocycles. The van der Waals surface area contributed by atoms with Gasteiger partial charge >= 0.3 is 12.3 Å². The number of ether oxygens (including phenoxy) is 1. The zero-order chi connectivity index (χ0) is 16.0. The number of hydrogen-bond acceptors (Lipinski definition) is 5. The van der Waals surface area contributed by atoms with E-state index < -0.39 is 35.4 Å². The van der Waals surface area contributed by atoms with E-state index in [1.54, 1.807) is 0 Å². The average Bonchev–Trinajstić information content (AvgIpc) is 2.42. The SMILES string of the molecule is CCCNc1cc([N+](=O)[O-])cc(OCC(F)(F)C(F)F)n1. The van der Waals surface area contributed by atoms with E-state index >= 15 is 0 Å². The van der Waals surface area contributed by atoms with Crippen LogP contribution in [0.3, 0.4) is 0 Å². The Morgan fingerprint density at radius 1 is 1.48 bits per heavy atom. The molecule has 1 N–H and O–H groups in total. The highest BCUT2D eigenvalue weighted by atomic mass is 19.3. The Morgan fingerprint density at radius 2 is 2.14 bits per heavy atom. The Bertz CT molecular complexity index is 500. The second-order valence-corrected chi connectivity index (χ2v) is 4.08. The minimum atomic E-state index is -4.36. The standard InChI is InChI=1S/C11H13F4N3O3/c1-2-3-16-8-4-7(18(19)20)5-9(17-8)21-6-11(14,15)10(12)13/h4-5,10H,2-3,6H2,1H3,(H,16,17). The van der Waals surface area contributed by atoms with E-state index in [2.05, 4.69) is 15.0 Å².